The van der Waals surface area contributed by atoms with Crippen molar-refractivity contribution < 1.29 is 12.8 Å². The molecule has 0 saturated carbocycles. The maximum atomic E-state index is 13.1. The minimum atomic E-state index is -3.71. The Morgan fingerprint density at radius 2 is 1.90 bits per heavy atom. The molecule has 21 heavy (non-hydrogen) atoms. The summed E-state index contributed by atoms with van der Waals surface area (Å²) < 4.78 is 40.4. The fourth-order valence-electron chi connectivity index (χ4n) is 2.15. The Balaban J connectivity index is 2.29. The SMILES string of the molecule is Cc1ccc(N)c(C)c1S(=O)(=O)NCc1cccc(F)c1. The lowest BCUT2D eigenvalue weighted by Crippen LogP contribution is -2.25. The van der Waals surface area contributed by atoms with E-state index in [2.05, 4.69) is 4.72 Å². The van der Waals surface area contributed by atoms with E-state index in [9.17, 15) is 12.8 Å². The van der Waals surface area contributed by atoms with E-state index in [-0.39, 0.29) is 11.4 Å². The van der Waals surface area contributed by atoms with Crippen LogP contribution in [0.3, 0.4) is 0 Å². The highest BCUT2D eigenvalue weighted by molar-refractivity contribution is 7.89. The summed E-state index contributed by atoms with van der Waals surface area (Å²) in [5.74, 6) is -0.400. The van der Waals surface area contributed by atoms with Gasteiger partial charge in [-0.25, -0.2) is 17.5 Å². The zero-order chi connectivity index (χ0) is 15.6. The molecule has 112 valence electrons. The highest BCUT2D eigenvalue weighted by Crippen LogP contribution is 2.24. The first-order valence-electron chi connectivity index (χ1n) is 6.41. The van der Waals surface area contributed by atoms with Crippen molar-refractivity contribution in [3.8, 4) is 0 Å². The predicted octanol–water partition coefficient (Wildman–Crippen LogP) is 2.50. The first kappa shape index (κ1) is 15.5. The fraction of sp³-hybridized carbons (Fsp3) is 0.200. The number of nitrogens with one attached hydrogen (secondary N) is 1. The van der Waals surface area contributed by atoms with Gasteiger partial charge in [0, 0.05) is 12.2 Å². The normalized spacial score (nSPS) is 11.6. The topological polar surface area (TPSA) is 72.2 Å². The molecule has 0 aromatic heterocycles. The van der Waals surface area contributed by atoms with E-state index < -0.39 is 15.8 Å². The molecular formula is C15H17FN2O2S. The number of sulfonamides is 1. The average molecular weight is 308 g/mol. The van der Waals surface area contributed by atoms with Crippen LogP contribution < -0.4 is 10.5 Å². The Hall–Kier alpha value is -1.92. The van der Waals surface area contributed by atoms with Crippen LogP contribution in [0, 0.1) is 19.7 Å². The second-order valence-electron chi connectivity index (χ2n) is 4.88. The molecule has 0 radical (unpaired) electrons. The molecule has 0 spiro atoms. The van der Waals surface area contributed by atoms with Crippen LogP contribution in [0.2, 0.25) is 0 Å². The average Bonchev–Trinajstić information content (AvgIpc) is 2.41. The Kier molecular flexibility index (Phi) is 4.29. The Bertz CT molecular complexity index is 773. The smallest absolute Gasteiger partial charge is 0.241 e. The molecule has 0 fully saturated rings. The molecule has 0 aliphatic heterocycles. The zero-order valence-electron chi connectivity index (χ0n) is 11.9. The summed E-state index contributed by atoms with van der Waals surface area (Å²) in [5, 5.41) is 0. The third kappa shape index (κ3) is 3.40. The van der Waals surface area contributed by atoms with Gasteiger partial charge in [0.2, 0.25) is 10.0 Å². The van der Waals surface area contributed by atoms with E-state index >= 15 is 0 Å². The third-order valence-electron chi connectivity index (χ3n) is 3.27. The minimum absolute atomic E-state index is 0.0216. The standard InChI is InChI=1S/C15H17FN2O2S/c1-10-6-7-14(17)11(2)15(10)21(19,20)18-9-12-4-3-5-13(16)8-12/h3-8,18H,9,17H2,1-2H3. The molecule has 0 saturated heterocycles. The number of anilines is 1. The van der Waals surface area contributed by atoms with Gasteiger partial charge in [-0.15, -0.1) is 0 Å². The first-order chi connectivity index (χ1) is 9.81. The number of hydrogen-bond donors (Lipinski definition) is 2. The number of nitrogen functional groups attached to an aromatic ring is 1. The molecule has 2 aromatic rings. The predicted molar refractivity (Wildman–Crippen MR) is 80.8 cm³/mol. The van der Waals surface area contributed by atoms with E-state index in [0.717, 1.165) is 0 Å². The minimum Gasteiger partial charge on any atom is -0.398 e. The van der Waals surface area contributed by atoms with Gasteiger partial charge in [0.15, 0.2) is 0 Å². The van der Waals surface area contributed by atoms with Gasteiger partial charge in [0.1, 0.15) is 5.82 Å². The van der Waals surface area contributed by atoms with Crippen LogP contribution in [0.1, 0.15) is 16.7 Å². The summed E-state index contributed by atoms with van der Waals surface area (Å²) in [6, 6.07) is 9.14. The van der Waals surface area contributed by atoms with E-state index in [1.54, 1.807) is 32.0 Å². The van der Waals surface area contributed by atoms with Crippen LogP contribution >= 0.6 is 0 Å². The quantitative estimate of drug-likeness (QED) is 0.852. The lowest BCUT2D eigenvalue weighted by molar-refractivity contribution is 0.579. The van der Waals surface area contributed by atoms with Gasteiger partial charge in [0.05, 0.1) is 4.90 Å². The molecule has 0 amide bonds. The number of benzene rings is 2. The van der Waals surface area contributed by atoms with Crippen LogP contribution in [0.5, 0.6) is 0 Å². The van der Waals surface area contributed by atoms with Gasteiger partial charge in [-0.3, -0.25) is 0 Å². The van der Waals surface area contributed by atoms with Gasteiger partial charge in [0.25, 0.3) is 0 Å². The molecule has 0 aliphatic carbocycles. The molecule has 0 aliphatic rings. The molecule has 0 bridgehead atoms. The van der Waals surface area contributed by atoms with Crippen LogP contribution in [-0.2, 0) is 16.6 Å². The second-order valence-corrected chi connectivity index (χ2v) is 6.58. The fourth-order valence-corrected chi connectivity index (χ4v) is 3.67. The van der Waals surface area contributed by atoms with Gasteiger partial charge in [-0.1, -0.05) is 18.2 Å². The summed E-state index contributed by atoms with van der Waals surface area (Å²) in [6.07, 6.45) is 0. The van der Waals surface area contributed by atoms with Gasteiger partial charge in [-0.05, 0) is 48.7 Å². The number of hydrogen-bond acceptors (Lipinski definition) is 3. The summed E-state index contributed by atoms with van der Waals surface area (Å²) in [4.78, 5) is 0.180. The Morgan fingerprint density at radius 3 is 2.57 bits per heavy atom. The van der Waals surface area contributed by atoms with Crippen LogP contribution in [0.4, 0.5) is 10.1 Å². The van der Waals surface area contributed by atoms with Crippen LogP contribution in [-0.4, -0.2) is 8.42 Å². The molecule has 0 atom stereocenters. The van der Waals surface area contributed by atoms with Gasteiger partial charge < -0.3 is 5.73 Å². The van der Waals surface area contributed by atoms with E-state index in [0.29, 0.717) is 22.4 Å². The van der Waals surface area contributed by atoms with Crippen molar-refractivity contribution in [2.45, 2.75) is 25.3 Å². The molecule has 2 aromatic carbocycles. The third-order valence-corrected chi connectivity index (χ3v) is 4.96. The number of nitrogens with two attached hydrogens (primary N) is 1. The molecule has 3 N–H and O–H groups in total. The molecule has 2 rings (SSSR count). The highest BCUT2D eigenvalue weighted by Gasteiger charge is 2.20. The Morgan fingerprint density at radius 1 is 1.19 bits per heavy atom. The second kappa shape index (κ2) is 5.83. The zero-order valence-corrected chi connectivity index (χ0v) is 12.7. The van der Waals surface area contributed by atoms with Crippen molar-refractivity contribution in [2.75, 3.05) is 5.73 Å². The van der Waals surface area contributed by atoms with Crippen LogP contribution in [0.25, 0.3) is 0 Å². The number of aryl methyl sites for hydroxylation is 1. The van der Waals surface area contributed by atoms with Crippen molar-refractivity contribution in [1.29, 1.82) is 0 Å². The van der Waals surface area contributed by atoms with Crippen molar-refractivity contribution in [3.63, 3.8) is 0 Å². The van der Waals surface area contributed by atoms with Crippen molar-refractivity contribution in [2.24, 2.45) is 0 Å². The summed E-state index contributed by atoms with van der Waals surface area (Å²) in [7, 11) is -3.71. The van der Waals surface area contributed by atoms with Crippen molar-refractivity contribution in [3.05, 3.63) is 58.9 Å². The molecular weight excluding hydrogens is 291 g/mol. The lowest BCUT2D eigenvalue weighted by atomic mass is 10.1. The summed E-state index contributed by atoms with van der Waals surface area (Å²) in [5.41, 5.74) is 7.88. The van der Waals surface area contributed by atoms with E-state index in [1.165, 1.54) is 18.2 Å². The summed E-state index contributed by atoms with van der Waals surface area (Å²) >= 11 is 0. The monoisotopic (exact) mass is 308 g/mol. The van der Waals surface area contributed by atoms with Crippen molar-refractivity contribution in [1.82, 2.24) is 4.72 Å². The summed E-state index contributed by atoms with van der Waals surface area (Å²) in [6.45, 7) is 3.40. The van der Waals surface area contributed by atoms with Crippen molar-refractivity contribution >= 4 is 15.7 Å². The lowest BCUT2D eigenvalue weighted by Gasteiger charge is -2.13. The van der Waals surface area contributed by atoms with E-state index in [1.807, 2.05) is 0 Å². The first-order valence-corrected chi connectivity index (χ1v) is 7.89. The molecule has 6 heteroatoms. The number of rotatable bonds is 4. The van der Waals surface area contributed by atoms with E-state index in [4.69, 9.17) is 5.73 Å². The molecule has 0 heterocycles. The van der Waals surface area contributed by atoms with Gasteiger partial charge >= 0.3 is 0 Å². The van der Waals surface area contributed by atoms with Gasteiger partial charge in [-0.2, -0.15) is 0 Å². The number of halogens is 1. The maximum absolute atomic E-state index is 13.1. The molecule has 0 unspecified atom stereocenters. The Labute approximate surface area is 123 Å². The highest BCUT2D eigenvalue weighted by atomic mass is 32.2. The van der Waals surface area contributed by atoms with Crippen LogP contribution in [0.15, 0.2) is 41.3 Å². The molecule has 4 nitrogen and oxygen atoms in total. The largest absolute Gasteiger partial charge is 0.398 e. The maximum Gasteiger partial charge on any atom is 0.241 e.